The molecule has 29 heavy (non-hydrogen) atoms. The maximum Gasteiger partial charge on any atom is 0.266 e. The largest absolute Gasteiger partial charge is 0.356 e. The minimum Gasteiger partial charge on any atom is -0.356 e. The van der Waals surface area contributed by atoms with E-state index in [0.717, 1.165) is 44.6 Å². The molecule has 1 aliphatic carbocycles. The van der Waals surface area contributed by atoms with E-state index in [0.29, 0.717) is 18.3 Å². The van der Waals surface area contributed by atoms with E-state index >= 15 is 0 Å². The number of anilines is 1. The molecule has 8 nitrogen and oxygen atoms in total. The van der Waals surface area contributed by atoms with Gasteiger partial charge in [0.05, 0.1) is 0 Å². The van der Waals surface area contributed by atoms with Crippen LogP contribution in [0.5, 0.6) is 0 Å². The van der Waals surface area contributed by atoms with Crippen molar-refractivity contribution in [3.8, 4) is 5.82 Å². The van der Waals surface area contributed by atoms with E-state index in [4.69, 9.17) is 0 Å². The highest BCUT2D eigenvalue weighted by atomic mass is 16.1. The average molecular weight is 391 g/mol. The minimum absolute atomic E-state index is 0.0618. The van der Waals surface area contributed by atoms with Crippen molar-refractivity contribution in [2.75, 3.05) is 18.0 Å². The molecule has 3 aromatic heterocycles. The van der Waals surface area contributed by atoms with Gasteiger partial charge in [0.15, 0.2) is 5.82 Å². The molecular weight excluding hydrogens is 366 g/mol. The van der Waals surface area contributed by atoms with Crippen LogP contribution in [0.3, 0.4) is 0 Å². The van der Waals surface area contributed by atoms with Crippen LogP contribution >= 0.6 is 0 Å². The first kappa shape index (κ1) is 18.0. The van der Waals surface area contributed by atoms with E-state index in [2.05, 4.69) is 25.1 Å². The number of aryl methyl sites for hydroxylation is 1. The van der Waals surface area contributed by atoms with Gasteiger partial charge in [-0.05, 0) is 56.6 Å². The molecule has 0 unspecified atom stereocenters. The third-order valence-electron chi connectivity index (χ3n) is 6.04. The molecule has 0 N–H and O–H groups in total. The van der Waals surface area contributed by atoms with Crippen molar-refractivity contribution in [3.05, 3.63) is 58.5 Å². The standard InChI is InChI=1S/C21H25N7O/c29-20-7-6-19(27-11-3-10-24-27)25-28(20)14-16-8-12-26(13-9-16)21-17-4-1-2-5-18(17)22-15-23-21/h3,6-7,10-11,15-16H,1-2,4-5,8-9,12-14H2. The molecule has 0 radical (unpaired) electrons. The van der Waals surface area contributed by atoms with Crippen LogP contribution in [0.15, 0.2) is 41.7 Å². The Morgan fingerprint density at radius 3 is 2.76 bits per heavy atom. The summed E-state index contributed by atoms with van der Waals surface area (Å²) in [5, 5.41) is 8.72. The predicted molar refractivity (Wildman–Crippen MR) is 109 cm³/mol. The van der Waals surface area contributed by atoms with Crippen molar-refractivity contribution in [1.29, 1.82) is 0 Å². The van der Waals surface area contributed by atoms with Gasteiger partial charge in [0.1, 0.15) is 12.1 Å². The maximum atomic E-state index is 12.3. The zero-order valence-corrected chi connectivity index (χ0v) is 16.4. The van der Waals surface area contributed by atoms with Gasteiger partial charge in [-0.2, -0.15) is 5.10 Å². The highest BCUT2D eigenvalue weighted by Gasteiger charge is 2.25. The third kappa shape index (κ3) is 3.66. The molecule has 8 heteroatoms. The Bertz CT molecular complexity index is 1040. The molecule has 1 saturated heterocycles. The van der Waals surface area contributed by atoms with Crippen molar-refractivity contribution >= 4 is 5.82 Å². The topological polar surface area (TPSA) is 81.7 Å². The highest BCUT2D eigenvalue weighted by molar-refractivity contribution is 5.49. The third-order valence-corrected chi connectivity index (χ3v) is 6.04. The summed E-state index contributed by atoms with van der Waals surface area (Å²) in [6.45, 7) is 2.56. The van der Waals surface area contributed by atoms with Gasteiger partial charge in [0.2, 0.25) is 0 Å². The fraction of sp³-hybridized carbons (Fsp3) is 0.476. The van der Waals surface area contributed by atoms with Crippen LogP contribution in [0.1, 0.15) is 36.9 Å². The number of fused-ring (bicyclic) bond motifs is 1. The number of hydrogen-bond donors (Lipinski definition) is 0. The van der Waals surface area contributed by atoms with Gasteiger partial charge < -0.3 is 4.90 Å². The van der Waals surface area contributed by atoms with Gasteiger partial charge in [-0.25, -0.2) is 19.3 Å². The number of piperidine rings is 1. The van der Waals surface area contributed by atoms with E-state index in [1.165, 1.54) is 24.1 Å². The summed E-state index contributed by atoms with van der Waals surface area (Å²) in [4.78, 5) is 23.8. The molecule has 1 fully saturated rings. The molecular formula is C21H25N7O. The number of rotatable bonds is 4. The second-order valence-corrected chi connectivity index (χ2v) is 7.92. The summed E-state index contributed by atoms with van der Waals surface area (Å²) in [6, 6.07) is 5.14. The van der Waals surface area contributed by atoms with E-state index < -0.39 is 0 Å². The first-order valence-corrected chi connectivity index (χ1v) is 10.4. The van der Waals surface area contributed by atoms with Crippen LogP contribution in [0.25, 0.3) is 5.82 Å². The van der Waals surface area contributed by atoms with Gasteiger partial charge in [-0.1, -0.05) is 0 Å². The molecule has 5 rings (SSSR count). The van der Waals surface area contributed by atoms with Gasteiger partial charge in [0.25, 0.3) is 5.56 Å². The number of hydrogen-bond acceptors (Lipinski definition) is 6. The summed E-state index contributed by atoms with van der Waals surface area (Å²) in [7, 11) is 0. The smallest absolute Gasteiger partial charge is 0.266 e. The van der Waals surface area contributed by atoms with Crippen LogP contribution in [0, 0.1) is 5.92 Å². The van der Waals surface area contributed by atoms with Crippen LogP contribution in [0.2, 0.25) is 0 Å². The Balaban J connectivity index is 1.28. The van der Waals surface area contributed by atoms with Crippen molar-refractivity contribution < 1.29 is 0 Å². The molecule has 0 bridgehead atoms. The molecule has 2 aliphatic rings. The van der Waals surface area contributed by atoms with E-state index in [-0.39, 0.29) is 5.56 Å². The quantitative estimate of drug-likeness (QED) is 0.677. The summed E-state index contributed by atoms with van der Waals surface area (Å²) in [6.07, 6.45) is 11.9. The second kappa shape index (κ2) is 7.77. The van der Waals surface area contributed by atoms with Gasteiger partial charge >= 0.3 is 0 Å². The fourth-order valence-electron chi connectivity index (χ4n) is 4.44. The molecule has 1 aliphatic heterocycles. The van der Waals surface area contributed by atoms with Crippen LogP contribution in [-0.2, 0) is 19.4 Å². The first-order chi connectivity index (χ1) is 14.3. The van der Waals surface area contributed by atoms with E-state index in [9.17, 15) is 4.79 Å². The summed E-state index contributed by atoms with van der Waals surface area (Å²) >= 11 is 0. The molecule has 3 aromatic rings. The summed E-state index contributed by atoms with van der Waals surface area (Å²) < 4.78 is 3.26. The van der Waals surface area contributed by atoms with Gasteiger partial charge in [-0.3, -0.25) is 4.79 Å². The number of aromatic nitrogens is 6. The summed E-state index contributed by atoms with van der Waals surface area (Å²) in [5.74, 6) is 2.23. The van der Waals surface area contributed by atoms with Crippen molar-refractivity contribution in [2.45, 2.75) is 45.1 Å². The zero-order valence-electron chi connectivity index (χ0n) is 16.4. The maximum absolute atomic E-state index is 12.3. The highest BCUT2D eigenvalue weighted by Crippen LogP contribution is 2.30. The van der Waals surface area contributed by atoms with Crippen LogP contribution < -0.4 is 10.5 Å². The minimum atomic E-state index is -0.0618. The van der Waals surface area contributed by atoms with Crippen molar-refractivity contribution in [2.24, 2.45) is 5.92 Å². The van der Waals surface area contributed by atoms with Crippen LogP contribution in [-0.4, -0.2) is 42.6 Å². The molecule has 150 valence electrons. The molecule has 4 heterocycles. The second-order valence-electron chi connectivity index (χ2n) is 7.92. The average Bonchev–Trinajstić information content (AvgIpc) is 3.30. The Labute approximate surface area is 169 Å². The monoisotopic (exact) mass is 391 g/mol. The normalized spacial score (nSPS) is 17.3. The van der Waals surface area contributed by atoms with Crippen LogP contribution in [0.4, 0.5) is 5.82 Å². The first-order valence-electron chi connectivity index (χ1n) is 10.4. The molecule has 0 spiro atoms. The van der Waals surface area contributed by atoms with Gasteiger partial charge in [-0.15, -0.1) is 5.10 Å². The lowest BCUT2D eigenvalue weighted by molar-refractivity contribution is 0.333. The predicted octanol–water partition coefficient (Wildman–Crippen LogP) is 2.01. The van der Waals surface area contributed by atoms with Gasteiger partial charge in [0, 0.05) is 49.4 Å². The SMILES string of the molecule is O=c1ccc(-n2cccn2)nn1CC1CCN(c2ncnc3c2CCCC3)CC1. The lowest BCUT2D eigenvalue weighted by atomic mass is 9.93. The Morgan fingerprint density at radius 1 is 1.07 bits per heavy atom. The Morgan fingerprint density at radius 2 is 1.93 bits per heavy atom. The number of nitrogens with zero attached hydrogens (tertiary/aromatic N) is 7. The fourth-order valence-corrected chi connectivity index (χ4v) is 4.44. The van der Waals surface area contributed by atoms with Crippen molar-refractivity contribution in [3.63, 3.8) is 0 Å². The lowest BCUT2D eigenvalue weighted by Gasteiger charge is -2.34. The molecule has 0 saturated carbocycles. The Hall–Kier alpha value is -3.03. The zero-order chi connectivity index (χ0) is 19.6. The van der Waals surface area contributed by atoms with E-state index in [1.54, 1.807) is 34.0 Å². The summed E-state index contributed by atoms with van der Waals surface area (Å²) in [5.41, 5.74) is 2.52. The van der Waals surface area contributed by atoms with Crippen molar-refractivity contribution in [1.82, 2.24) is 29.5 Å². The molecule has 0 atom stereocenters. The Kier molecular flexibility index (Phi) is 4.83. The van der Waals surface area contributed by atoms with E-state index in [1.807, 2.05) is 12.3 Å². The molecule has 0 amide bonds. The lowest BCUT2D eigenvalue weighted by Crippen LogP contribution is -2.38. The molecule has 0 aromatic carbocycles.